The van der Waals surface area contributed by atoms with Crippen LogP contribution in [-0.2, 0) is 24.0 Å². The number of carbonyl (C=O) groups is 5. The zero-order valence-electron chi connectivity index (χ0n) is 19.0. The van der Waals surface area contributed by atoms with Gasteiger partial charge in [-0.2, -0.15) is 0 Å². The molecule has 0 heterocycles. The van der Waals surface area contributed by atoms with E-state index in [1.807, 2.05) is 0 Å². The number of amides is 4. The number of nitrogens with two attached hydrogens (primary N) is 4. The summed E-state index contributed by atoms with van der Waals surface area (Å²) in [7, 11) is 0. The number of hydrogen-bond acceptors (Lipinski definition) is 7. The van der Waals surface area contributed by atoms with E-state index in [0.29, 0.717) is 12.8 Å². The predicted molar refractivity (Wildman–Crippen MR) is 120 cm³/mol. The van der Waals surface area contributed by atoms with E-state index in [2.05, 4.69) is 20.9 Å². The number of nitrogens with zero attached hydrogens (tertiary/aromatic N) is 1. The van der Waals surface area contributed by atoms with E-state index in [-0.39, 0.29) is 44.2 Å². The fourth-order valence-corrected chi connectivity index (χ4v) is 2.79. The Morgan fingerprint density at radius 3 is 2.06 bits per heavy atom. The summed E-state index contributed by atoms with van der Waals surface area (Å²) in [5, 5.41) is 16.7. The number of rotatable bonds is 16. The van der Waals surface area contributed by atoms with E-state index >= 15 is 0 Å². The zero-order chi connectivity index (χ0) is 25.6. The van der Waals surface area contributed by atoms with Gasteiger partial charge in [-0.3, -0.25) is 24.2 Å². The van der Waals surface area contributed by atoms with Crippen LogP contribution in [0.25, 0.3) is 0 Å². The Bertz CT molecular complexity index is 725. The largest absolute Gasteiger partial charge is 0.480 e. The molecule has 0 aliphatic heterocycles. The van der Waals surface area contributed by atoms with Gasteiger partial charge in [-0.1, -0.05) is 20.3 Å². The van der Waals surface area contributed by atoms with Gasteiger partial charge < -0.3 is 44.0 Å². The van der Waals surface area contributed by atoms with Gasteiger partial charge in [-0.25, -0.2) is 4.79 Å². The normalized spacial score (nSPS) is 14.2. The Balaban J connectivity index is 5.44. The molecule has 188 valence electrons. The van der Waals surface area contributed by atoms with Crippen LogP contribution in [0, 0.1) is 5.92 Å². The molecule has 0 bridgehead atoms. The molecule has 0 saturated heterocycles. The highest BCUT2D eigenvalue weighted by molar-refractivity contribution is 5.93. The molecule has 0 aromatic rings. The molecule has 0 spiro atoms. The van der Waals surface area contributed by atoms with Gasteiger partial charge in [-0.05, 0) is 25.2 Å². The van der Waals surface area contributed by atoms with Crippen molar-refractivity contribution < 1.29 is 29.1 Å². The molecular formula is C19H36N8O6. The van der Waals surface area contributed by atoms with Crippen LogP contribution in [0.3, 0.4) is 0 Å². The molecule has 14 heteroatoms. The van der Waals surface area contributed by atoms with Gasteiger partial charge in [0.15, 0.2) is 5.96 Å². The van der Waals surface area contributed by atoms with Gasteiger partial charge in [-0.15, -0.1) is 0 Å². The van der Waals surface area contributed by atoms with Gasteiger partial charge in [0.2, 0.25) is 23.6 Å². The summed E-state index contributed by atoms with van der Waals surface area (Å²) < 4.78 is 0. The predicted octanol–water partition coefficient (Wildman–Crippen LogP) is -3.15. The minimum Gasteiger partial charge on any atom is -0.480 e. The number of nitrogens with one attached hydrogen (secondary N) is 3. The molecule has 0 rings (SSSR count). The van der Waals surface area contributed by atoms with Crippen molar-refractivity contribution in [3.05, 3.63) is 0 Å². The van der Waals surface area contributed by atoms with Crippen LogP contribution in [0.4, 0.5) is 0 Å². The zero-order valence-corrected chi connectivity index (χ0v) is 19.0. The molecule has 0 aliphatic rings. The third-order valence-electron chi connectivity index (χ3n) is 4.87. The first-order valence-corrected chi connectivity index (χ1v) is 10.6. The van der Waals surface area contributed by atoms with Crippen molar-refractivity contribution in [2.45, 2.75) is 64.1 Å². The van der Waals surface area contributed by atoms with Gasteiger partial charge >= 0.3 is 5.97 Å². The molecule has 4 unspecified atom stereocenters. The van der Waals surface area contributed by atoms with Gasteiger partial charge in [0, 0.05) is 13.0 Å². The van der Waals surface area contributed by atoms with Crippen LogP contribution < -0.4 is 38.9 Å². The summed E-state index contributed by atoms with van der Waals surface area (Å²) in [5.41, 5.74) is 20.9. The number of carboxylic acids is 1. The Labute approximate surface area is 192 Å². The lowest BCUT2D eigenvalue weighted by molar-refractivity contribution is -0.143. The Kier molecular flexibility index (Phi) is 13.8. The van der Waals surface area contributed by atoms with E-state index in [1.165, 1.54) is 0 Å². The van der Waals surface area contributed by atoms with Crippen molar-refractivity contribution in [3.63, 3.8) is 0 Å². The Morgan fingerprint density at radius 2 is 1.58 bits per heavy atom. The lowest BCUT2D eigenvalue weighted by Gasteiger charge is -2.27. The first-order chi connectivity index (χ1) is 15.4. The molecule has 4 atom stereocenters. The highest BCUT2D eigenvalue weighted by Crippen LogP contribution is 2.11. The van der Waals surface area contributed by atoms with Crippen LogP contribution in [-0.4, -0.2) is 71.9 Å². The number of guanidine groups is 1. The molecule has 0 aliphatic carbocycles. The average Bonchev–Trinajstić information content (AvgIpc) is 2.75. The lowest BCUT2D eigenvalue weighted by atomic mass is 9.97. The van der Waals surface area contributed by atoms with E-state index in [0.717, 1.165) is 0 Å². The summed E-state index contributed by atoms with van der Waals surface area (Å²) >= 11 is 0. The molecule has 0 saturated carbocycles. The van der Waals surface area contributed by atoms with Crippen molar-refractivity contribution in [2.24, 2.45) is 33.8 Å². The first kappa shape index (κ1) is 29.6. The first-order valence-electron chi connectivity index (χ1n) is 10.6. The van der Waals surface area contributed by atoms with Gasteiger partial charge in [0.05, 0.1) is 6.54 Å². The van der Waals surface area contributed by atoms with Crippen molar-refractivity contribution in [3.8, 4) is 0 Å². The average molecular weight is 473 g/mol. The molecule has 0 fully saturated rings. The Morgan fingerprint density at radius 1 is 0.939 bits per heavy atom. The highest BCUT2D eigenvalue weighted by Gasteiger charge is 2.32. The Hall–Kier alpha value is -3.42. The fraction of sp³-hybridized carbons (Fsp3) is 0.684. The number of hydrogen-bond donors (Lipinski definition) is 8. The van der Waals surface area contributed by atoms with Gasteiger partial charge in [0.25, 0.3) is 0 Å². The monoisotopic (exact) mass is 472 g/mol. The minimum atomic E-state index is -1.36. The standard InChI is InChI=1S/C19H36N8O6/c1-3-10(2)15(17(31)26-12(18(32)33)6-7-13(21)28)27-16(30)11(25-14(29)9-20)5-4-8-24-19(22)23/h10-12,15H,3-9,20H2,1-2H3,(H2,21,28)(H,25,29)(H,26,31)(H,27,30)(H,32,33)(H4,22,23,24). The fourth-order valence-electron chi connectivity index (χ4n) is 2.79. The second-order valence-electron chi connectivity index (χ2n) is 7.55. The van der Waals surface area contributed by atoms with Crippen molar-refractivity contribution in [1.82, 2.24) is 16.0 Å². The van der Waals surface area contributed by atoms with E-state index in [1.54, 1.807) is 13.8 Å². The molecule has 4 amide bonds. The smallest absolute Gasteiger partial charge is 0.326 e. The van der Waals surface area contributed by atoms with Crippen molar-refractivity contribution in [2.75, 3.05) is 13.1 Å². The maximum atomic E-state index is 12.9. The summed E-state index contributed by atoms with van der Waals surface area (Å²) in [4.78, 5) is 63.7. The third kappa shape index (κ3) is 12.3. The van der Waals surface area contributed by atoms with Gasteiger partial charge in [0.1, 0.15) is 18.1 Å². The number of primary amides is 1. The summed E-state index contributed by atoms with van der Waals surface area (Å²) in [5.74, 6) is -4.48. The maximum absolute atomic E-state index is 12.9. The van der Waals surface area contributed by atoms with E-state index in [4.69, 9.17) is 22.9 Å². The summed E-state index contributed by atoms with van der Waals surface area (Å²) in [6.07, 6.45) is 0.578. The number of carboxylic acid groups (broad SMARTS) is 1. The number of aliphatic imine (C=N–C) groups is 1. The number of aliphatic carboxylic acids is 1. The molecule has 0 aromatic carbocycles. The molecular weight excluding hydrogens is 436 g/mol. The summed E-state index contributed by atoms with van der Waals surface area (Å²) in [6.45, 7) is 3.38. The number of carbonyl (C=O) groups excluding carboxylic acids is 4. The molecule has 12 N–H and O–H groups in total. The molecule has 33 heavy (non-hydrogen) atoms. The van der Waals surface area contributed by atoms with Crippen LogP contribution in [0.1, 0.15) is 46.0 Å². The topological polar surface area (TPSA) is 258 Å². The SMILES string of the molecule is CCC(C)C(NC(=O)C(CCCN=C(N)N)NC(=O)CN)C(=O)NC(CCC(N)=O)C(=O)O. The van der Waals surface area contributed by atoms with E-state index < -0.39 is 47.7 Å². The van der Waals surface area contributed by atoms with E-state index in [9.17, 15) is 29.1 Å². The summed E-state index contributed by atoms with van der Waals surface area (Å²) in [6, 6.07) is -3.46. The van der Waals surface area contributed by atoms with Crippen molar-refractivity contribution in [1.29, 1.82) is 0 Å². The van der Waals surface area contributed by atoms with Crippen LogP contribution in [0.5, 0.6) is 0 Å². The van der Waals surface area contributed by atoms with Crippen molar-refractivity contribution >= 4 is 35.6 Å². The third-order valence-corrected chi connectivity index (χ3v) is 4.87. The van der Waals surface area contributed by atoms with Crippen LogP contribution in [0.15, 0.2) is 4.99 Å². The van der Waals surface area contributed by atoms with Crippen LogP contribution in [0.2, 0.25) is 0 Å². The maximum Gasteiger partial charge on any atom is 0.326 e. The highest BCUT2D eigenvalue weighted by atomic mass is 16.4. The van der Waals surface area contributed by atoms with Crippen LogP contribution >= 0.6 is 0 Å². The quantitative estimate of drug-likeness (QED) is 0.0639. The minimum absolute atomic E-state index is 0.111. The molecule has 0 radical (unpaired) electrons. The molecule has 0 aromatic heterocycles. The lowest BCUT2D eigenvalue weighted by Crippen LogP contribution is -2.58. The second-order valence-corrected chi connectivity index (χ2v) is 7.55. The molecule has 14 nitrogen and oxygen atoms in total. The second kappa shape index (κ2) is 15.4.